The lowest BCUT2D eigenvalue weighted by Gasteiger charge is -2.23. The molecule has 0 radical (unpaired) electrons. The maximum atomic E-state index is 13.0. The van der Waals surface area contributed by atoms with Crippen LogP contribution in [0, 0.1) is 13.8 Å². The second-order valence-electron chi connectivity index (χ2n) is 6.83. The van der Waals surface area contributed by atoms with Crippen molar-refractivity contribution >= 4 is 5.91 Å². The van der Waals surface area contributed by atoms with Crippen molar-refractivity contribution < 1.29 is 15.0 Å². The summed E-state index contributed by atoms with van der Waals surface area (Å²) in [6.45, 7) is 10.9. The summed E-state index contributed by atoms with van der Waals surface area (Å²) in [7, 11) is 0. The molecule has 0 atom stereocenters. The summed E-state index contributed by atoms with van der Waals surface area (Å²) in [5, 5.41) is 20.2. The molecule has 1 amide bonds. The lowest BCUT2D eigenvalue weighted by atomic mass is 9.98. The van der Waals surface area contributed by atoms with E-state index in [4.69, 9.17) is 0 Å². The van der Waals surface area contributed by atoms with Gasteiger partial charge in [0.1, 0.15) is 11.5 Å². The molecule has 0 aliphatic carbocycles. The Kier molecular flexibility index (Phi) is 5.73. The third-order valence-electron chi connectivity index (χ3n) is 4.53. The molecule has 2 aromatic rings. The van der Waals surface area contributed by atoms with Gasteiger partial charge in [-0.2, -0.15) is 0 Å². The molecule has 2 aromatic carbocycles. The minimum atomic E-state index is -0.234. The van der Waals surface area contributed by atoms with Gasteiger partial charge in [-0.05, 0) is 49.4 Å². The molecule has 0 unspecified atom stereocenters. The average Bonchev–Trinajstić information content (AvgIpc) is 2.54. The minimum Gasteiger partial charge on any atom is -0.508 e. The van der Waals surface area contributed by atoms with Crippen LogP contribution in [0.3, 0.4) is 0 Å². The molecule has 0 aliphatic rings. The molecule has 0 fully saturated rings. The Bertz CT molecular complexity index is 781. The number of phenolic OH excluding ortho intramolecular Hbond substituents is 2. The summed E-state index contributed by atoms with van der Waals surface area (Å²) in [5.41, 5.74) is 4.27. The van der Waals surface area contributed by atoms with Crippen LogP contribution >= 0.6 is 0 Å². The number of aryl methyl sites for hydroxylation is 2. The summed E-state index contributed by atoms with van der Waals surface area (Å²) in [6.07, 6.45) is 0. The molecule has 134 valence electrons. The molecule has 0 heterocycles. The van der Waals surface area contributed by atoms with Gasteiger partial charge in [-0.1, -0.05) is 37.6 Å². The molecule has 4 heteroatoms. The smallest absolute Gasteiger partial charge is 0.257 e. The zero-order chi connectivity index (χ0) is 18.7. The van der Waals surface area contributed by atoms with Crippen LogP contribution in [0.25, 0.3) is 0 Å². The topological polar surface area (TPSA) is 60.8 Å². The highest BCUT2D eigenvalue weighted by molar-refractivity contribution is 5.97. The zero-order valence-electron chi connectivity index (χ0n) is 15.6. The first-order chi connectivity index (χ1) is 11.7. The van der Waals surface area contributed by atoms with Gasteiger partial charge in [0.05, 0.1) is 5.56 Å². The quantitative estimate of drug-likeness (QED) is 0.842. The third kappa shape index (κ3) is 4.13. The van der Waals surface area contributed by atoms with E-state index < -0.39 is 0 Å². The number of hydrogen-bond acceptors (Lipinski definition) is 3. The van der Waals surface area contributed by atoms with Gasteiger partial charge in [0.25, 0.3) is 5.91 Å². The number of aromatic hydroxyl groups is 2. The third-order valence-corrected chi connectivity index (χ3v) is 4.53. The number of carbonyl (C=O) groups is 1. The molecule has 0 aromatic heterocycles. The number of carbonyl (C=O) groups excluding carboxylic acids is 1. The first-order valence-corrected chi connectivity index (χ1v) is 8.65. The number of nitrogens with zero attached hydrogens (tertiary/aromatic N) is 1. The predicted octanol–water partition coefficient (Wildman–Crippen LogP) is 4.50. The highest BCUT2D eigenvalue weighted by atomic mass is 16.3. The Morgan fingerprint density at radius 2 is 1.76 bits per heavy atom. The first kappa shape index (κ1) is 18.8. The standard InChI is InChI=1S/C21H27NO3/c1-6-22(12-16-9-14(4)7-8-15(16)5)21(25)18-10-17(13(2)3)19(23)11-20(18)24/h7-11,13,23-24H,6,12H2,1-5H3. The van der Waals surface area contributed by atoms with Gasteiger partial charge in [0, 0.05) is 19.2 Å². The van der Waals surface area contributed by atoms with Gasteiger partial charge < -0.3 is 15.1 Å². The van der Waals surface area contributed by atoms with Crippen LogP contribution in [0.1, 0.15) is 59.3 Å². The van der Waals surface area contributed by atoms with E-state index in [1.165, 1.54) is 6.07 Å². The summed E-state index contributed by atoms with van der Waals surface area (Å²) < 4.78 is 0. The maximum absolute atomic E-state index is 13.0. The Morgan fingerprint density at radius 3 is 2.36 bits per heavy atom. The van der Waals surface area contributed by atoms with E-state index >= 15 is 0 Å². The molecule has 0 saturated carbocycles. The number of rotatable bonds is 5. The predicted molar refractivity (Wildman–Crippen MR) is 100 cm³/mol. The fourth-order valence-corrected chi connectivity index (χ4v) is 2.90. The van der Waals surface area contributed by atoms with Crippen molar-refractivity contribution in [3.63, 3.8) is 0 Å². The number of amides is 1. The van der Waals surface area contributed by atoms with Gasteiger partial charge in [0.2, 0.25) is 0 Å². The van der Waals surface area contributed by atoms with Crippen LogP contribution in [0.5, 0.6) is 11.5 Å². The second-order valence-corrected chi connectivity index (χ2v) is 6.83. The van der Waals surface area contributed by atoms with Crippen molar-refractivity contribution in [2.24, 2.45) is 0 Å². The van der Waals surface area contributed by atoms with Crippen LogP contribution in [0.4, 0.5) is 0 Å². The molecule has 25 heavy (non-hydrogen) atoms. The van der Waals surface area contributed by atoms with Crippen molar-refractivity contribution in [2.45, 2.75) is 47.1 Å². The summed E-state index contributed by atoms with van der Waals surface area (Å²) in [4.78, 5) is 14.7. The Morgan fingerprint density at radius 1 is 1.08 bits per heavy atom. The van der Waals surface area contributed by atoms with Gasteiger partial charge in [-0.15, -0.1) is 0 Å². The van der Waals surface area contributed by atoms with E-state index in [0.717, 1.165) is 16.7 Å². The summed E-state index contributed by atoms with van der Waals surface area (Å²) >= 11 is 0. The van der Waals surface area contributed by atoms with Crippen LogP contribution in [0.2, 0.25) is 0 Å². The lowest BCUT2D eigenvalue weighted by molar-refractivity contribution is 0.0749. The van der Waals surface area contributed by atoms with Crippen molar-refractivity contribution in [2.75, 3.05) is 6.54 Å². The second kappa shape index (κ2) is 7.60. The van der Waals surface area contributed by atoms with Crippen molar-refractivity contribution in [1.82, 2.24) is 4.90 Å². The van der Waals surface area contributed by atoms with Crippen molar-refractivity contribution in [1.29, 1.82) is 0 Å². The zero-order valence-corrected chi connectivity index (χ0v) is 15.6. The van der Waals surface area contributed by atoms with E-state index in [-0.39, 0.29) is 28.9 Å². The molecular formula is C21H27NO3. The Labute approximate surface area is 149 Å². The molecule has 2 rings (SSSR count). The molecule has 0 aliphatic heterocycles. The van der Waals surface area contributed by atoms with Crippen LogP contribution in [-0.4, -0.2) is 27.6 Å². The van der Waals surface area contributed by atoms with E-state index in [2.05, 4.69) is 18.2 Å². The highest BCUT2D eigenvalue weighted by Crippen LogP contribution is 2.33. The monoisotopic (exact) mass is 341 g/mol. The van der Waals surface area contributed by atoms with Crippen LogP contribution < -0.4 is 0 Å². The summed E-state index contributed by atoms with van der Waals surface area (Å²) in [6, 6.07) is 9.05. The number of benzene rings is 2. The van der Waals surface area contributed by atoms with Gasteiger partial charge in [-0.3, -0.25) is 4.79 Å². The van der Waals surface area contributed by atoms with E-state index in [1.54, 1.807) is 11.0 Å². The largest absolute Gasteiger partial charge is 0.508 e. The van der Waals surface area contributed by atoms with Gasteiger partial charge in [0.15, 0.2) is 0 Å². The van der Waals surface area contributed by atoms with E-state index in [1.807, 2.05) is 34.6 Å². The van der Waals surface area contributed by atoms with Gasteiger partial charge in [-0.25, -0.2) is 0 Å². The molecule has 2 N–H and O–H groups in total. The van der Waals surface area contributed by atoms with E-state index in [9.17, 15) is 15.0 Å². The molecule has 0 saturated heterocycles. The maximum Gasteiger partial charge on any atom is 0.257 e. The average molecular weight is 341 g/mol. The minimum absolute atomic E-state index is 0.0154. The lowest BCUT2D eigenvalue weighted by Crippen LogP contribution is -2.30. The first-order valence-electron chi connectivity index (χ1n) is 8.65. The number of hydrogen-bond donors (Lipinski definition) is 2. The van der Waals surface area contributed by atoms with Crippen molar-refractivity contribution in [3.8, 4) is 11.5 Å². The van der Waals surface area contributed by atoms with Crippen LogP contribution in [0.15, 0.2) is 30.3 Å². The highest BCUT2D eigenvalue weighted by Gasteiger charge is 2.21. The molecule has 0 spiro atoms. The van der Waals surface area contributed by atoms with Crippen molar-refractivity contribution in [3.05, 3.63) is 58.1 Å². The molecule has 4 nitrogen and oxygen atoms in total. The Balaban J connectivity index is 2.37. The fourth-order valence-electron chi connectivity index (χ4n) is 2.90. The Hall–Kier alpha value is -2.49. The van der Waals surface area contributed by atoms with Gasteiger partial charge >= 0.3 is 0 Å². The number of phenols is 2. The van der Waals surface area contributed by atoms with Crippen LogP contribution in [-0.2, 0) is 6.54 Å². The van der Waals surface area contributed by atoms with E-state index in [0.29, 0.717) is 18.7 Å². The fraction of sp³-hybridized carbons (Fsp3) is 0.381. The normalized spacial score (nSPS) is 11.0. The molecule has 0 bridgehead atoms. The SMILES string of the molecule is CCN(Cc1cc(C)ccc1C)C(=O)c1cc(C(C)C)c(O)cc1O. The molecular weight excluding hydrogens is 314 g/mol. The summed E-state index contributed by atoms with van der Waals surface area (Å²) in [5.74, 6) is -0.350.